The number of carbonyl (C=O) groups excluding carboxylic acids is 2. The molecule has 0 radical (unpaired) electrons. The Morgan fingerprint density at radius 2 is 2.15 bits per heavy atom. The smallest absolute Gasteiger partial charge is 0.303 e. The van der Waals surface area contributed by atoms with Gasteiger partial charge in [-0.25, -0.2) is 4.98 Å². The van der Waals surface area contributed by atoms with Crippen molar-refractivity contribution in [3.05, 3.63) is 6.33 Å². The van der Waals surface area contributed by atoms with Gasteiger partial charge in [-0.05, 0) is 0 Å². The number of imidazole rings is 1. The summed E-state index contributed by atoms with van der Waals surface area (Å²) in [4.78, 5) is 35.1. The number of carbonyl (C=O) groups is 2. The maximum atomic E-state index is 11.4. The van der Waals surface area contributed by atoms with Gasteiger partial charge in [-0.15, -0.1) is 0 Å². The van der Waals surface area contributed by atoms with Gasteiger partial charge in [0.15, 0.2) is 17.0 Å². The van der Waals surface area contributed by atoms with Crippen LogP contribution in [0.1, 0.15) is 26.5 Å². The van der Waals surface area contributed by atoms with E-state index in [2.05, 4.69) is 20.3 Å². The van der Waals surface area contributed by atoms with Crippen LogP contribution in [0.5, 0.6) is 0 Å². The molecule has 3 heterocycles. The summed E-state index contributed by atoms with van der Waals surface area (Å²) in [6.07, 6.45) is 0.258. The van der Waals surface area contributed by atoms with E-state index in [1.165, 1.54) is 13.8 Å². The third-order valence-corrected chi connectivity index (χ3v) is 3.93. The van der Waals surface area contributed by atoms with Crippen LogP contribution in [-0.2, 0) is 23.8 Å². The predicted molar refractivity (Wildman–Crippen MR) is 90.0 cm³/mol. The number of nitrogens with zero attached hydrogens (tertiary/aromatic N) is 4. The van der Waals surface area contributed by atoms with Gasteiger partial charge in [0.2, 0.25) is 5.95 Å². The fourth-order valence-corrected chi connectivity index (χ4v) is 2.88. The average Bonchev–Trinajstić information content (AvgIpc) is 3.15. The lowest BCUT2D eigenvalue weighted by molar-refractivity contribution is -0.155. The van der Waals surface area contributed by atoms with Crippen molar-refractivity contribution in [2.45, 2.75) is 38.7 Å². The molecule has 0 bridgehead atoms. The molecule has 11 nitrogen and oxygen atoms in total. The van der Waals surface area contributed by atoms with Gasteiger partial charge in [0, 0.05) is 27.3 Å². The summed E-state index contributed by atoms with van der Waals surface area (Å²) < 4.78 is 17.9. The van der Waals surface area contributed by atoms with E-state index in [1.54, 1.807) is 17.9 Å². The lowest BCUT2D eigenvalue weighted by Crippen LogP contribution is -2.31. The topological polar surface area (TPSA) is 143 Å². The minimum atomic E-state index is -0.590. The van der Waals surface area contributed by atoms with E-state index >= 15 is 0 Å². The Kier molecular flexibility index (Phi) is 4.89. The van der Waals surface area contributed by atoms with Crippen molar-refractivity contribution in [3.63, 3.8) is 0 Å². The number of hydrogen-bond donors (Lipinski definition) is 2. The zero-order valence-electron chi connectivity index (χ0n) is 14.6. The van der Waals surface area contributed by atoms with Crippen LogP contribution in [0.2, 0.25) is 0 Å². The molecule has 1 aliphatic rings. The molecule has 0 amide bonds. The highest BCUT2D eigenvalue weighted by atomic mass is 16.6. The van der Waals surface area contributed by atoms with Crippen molar-refractivity contribution >= 4 is 34.9 Å². The minimum absolute atomic E-state index is 0.0186. The molecule has 0 aliphatic carbocycles. The number of nitrogen functional groups attached to an aromatic ring is 1. The SMILES string of the molecule is CNc1nc(N)nc2c1ncn2[C@H]1C[C@H](OC(C)=O)[C@@H](COC(C)=O)O1. The van der Waals surface area contributed by atoms with Gasteiger partial charge in [-0.2, -0.15) is 9.97 Å². The molecule has 3 N–H and O–H groups in total. The van der Waals surface area contributed by atoms with E-state index in [1.807, 2.05) is 0 Å². The van der Waals surface area contributed by atoms with Gasteiger partial charge in [0.25, 0.3) is 0 Å². The first kappa shape index (κ1) is 17.9. The first-order valence-electron chi connectivity index (χ1n) is 8.03. The van der Waals surface area contributed by atoms with Crippen LogP contribution in [-0.4, -0.2) is 57.3 Å². The normalized spacial score (nSPS) is 22.3. The van der Waals surface area contributed by atoms with Crippen molar-refractivity contribution in [3.8, 4) is 0 Å². The molecule has 2 aromatic rings. The van der Waals surface area contributed by atoms with Crippen molar-refractivity contribution < 1.29 is 23.8 Å². The maximum absolute atomic E-state index is 11.4. The van der Waals surface area contributed by atoms with E-state index in [-0.39, 0.29) is 12.6 Å². The minimum Gasteiger partial charge on any atom is -0.463 e. The molecule has 3 rings (SSSR count). The fraction of sp³-hybridized carbons (Fsp3) is 0.533. The molecule has 26 heavy (non-hydrogen) atoms. The van der Waals surface area contributed by atoms with Crippen molar-refractivity contribution in [2.75, 3.05) is 24.7 Å². The van der Waals surface area contributed by atoms with Crippen LogP contribution in [0.15, 0.2) is 6.33 Å². The Morgan fingerprint density at radius 3 is 2.81 bits per heavy atom. The molecule has 0 unspecified atom stereocenters. The third kappa shape index (κ3) is 3.52. The van der Waals surface area contributed by atoms with E-state index in [0.717, 1.165) is 0 Å². The maximum Gasteiger partial charge on any atom is 0.303 e. The first-order chi connectivity index (χ1) is 12.4. The summed E-state index contributed by atoms with van der Waals surface area (Å²) in [6, 6.07) is 0. The summed E-state index contributed by atoms with van der Waals surface area (Å²) in [7, 11) is 1.71. The van der Waals surface area contributed by atoms with E-state index in [4.69, 9.17) is 19.9 Å². The second-order valence-corrected chi connectivity index (χ2v) is 5.82. The number of esters is 2. The zero-order valence-corrected chi connectivity index (χ0v) is 14.6. The molecule has 0 saturated carbocycles. The number of ether oxygens (including phenoxy) is 3. The molecule has 1 aliphatic heterocycles. The van der Waals surface area contributed by atoms with Crippen LogP contribution in [0.3, 0.4) is 0 Å². The summed E-state index contributed by atoms with van der Waals surface area (Å²) in [5.74, 6) is -0.288. The van der Waals surface area contributed by atoms with Crippen LogP contribution in [0, 0.1) is 0 Å². The molecule has 3 atom stereocenters. The molecule has 1 saturated heterocycles. The summed E-state index contributed by atoms with van der Waals surface area (Å²) >= 11 is 0. The van der Waals surface area contributed by atoms with Gasteiger partial charge >= 0.3 is 11.9 Å². The summed E-state index contributed by atoms with van der Waals surface area (Å²) in [6.45, 7) is 2.60. The van der Waals surface area contributed by atoms with E-state index < -0.39 is 30.4 Å². The van der Waals surface area contributed by atoms with Crippen LogP contribution < -0.4 is 11.1 Å². The van der Waals surface area contributed by atoms with E-state index in [9.17, 15) is 9.59 Å². The second-order valence-electron chi connectivity index (χ2n) is 5.82. The number of rotatable bonds is 5. The quantitative estimate of drug-likeness (QED) is 0.707. The number of hydrogen-bond acceptors (Lipinski definition) is 10. The summed E-state index contributed by atoms with van der Waals surface area (Å²) in [5.41, 5.74) is 6.78. The highest BCUT2D eigenvalue weighted by Crippen LogP contribution is 2.34. The first-order valence-corrected chi connectivity index (χ1v) is 8.03. The molecule has 140 valence electrons. The highest BCUT2D eigenvalue weighted by molar-refractivity contribution is 5.84. The largest absolute Gasteiger partial charge is 0.463 e. The van der Waals surface area contributed by atoms with Gasteiger partial charge in [-0.3, -0.25) is 14.2 Å². The highest BCUT2D eigenvalue weighted by Gasteiger charge is 2.40. The number of aromatic nitrogens is 4. The number of nitrogens with one attached hydrogen (secondary N) is 1. The van der Waals surface area contributed by atoms with E-state index in [0.29, 0.717) is 23.4 Å². The lowest BCUT2D eigenvalue weighted by atomic mass is 10.2. The average molecular weight is 364 g/mol. The van der Waals surface area contributed by atoms with Gasteiger partial charge < -0.3 is 25.3 Å². The predicted octanol–water partition coefficient (Wildman–Crippen LogP) is 0.233. The third-order valence-electron chi connectivity index (χ3n) is 3.93. The molecule has 2 aromatic heterocycles. The number of fused-ring (bicyclic) bond motifs is 1. The Labute approximate surface area is 148 Å². The van der Waals surface area contributed by atoms with Crippen molar-refractivity contribution in [2.24, 2.45) is 0 Å². The fourth-order valence-electron chi connectivity index (χ4n) is 2.88. The Balaban J connectivity index is 1.89. The Hall–Kier alpha value is -2.95. The second kappa shape index (κ2) is 7.12. The molecule has 0 spiro atoms. The summed E-state index contributed by atoms with van der Waals surface area (Å²) in [5, 5.41) is 2.92. The van der Waals surface area contributed by atoms with Crippen LogP contribution >= 0.6 is 0 Å². The molecule has 1 fully saturated rings. The van der Waals surface area contributed by atoms with Crippen LogP contribution in [0.4, 0.5) is 11.8 Å². The Morgan fingerprint density at radius 1 is 1.38 bits per heavy atom. The molecule has 0 aromatic carbocycles. The standard InChI is InChI=1S/C15H20N6O5/c1-7(22)24-5-10-9(25-8(2)23)4-11(26-10)21-6-18-12-13(17-3)19-15(16)20-14(12)21/h6,9-11H,4-5H2,1-3H3,(H3,16,17,19,20)/t9-,10+,11+/m0/s1. The lowest BCUT2D eigenvalue weighted by Gasteiger charge is -2.17. The van der Waals surface area contributed by atoms with Gasteiger partial charge in [-0.1, -0.05) is 0 Å². The van der Waals surface area contributed by atoms with Crippen molar-refractivity contribution in [1.29, 1.82) is 0 Å². The van der Waals surface area contributed by atoms with Crippen molar-refractivity contribution in [1.82, 2.24) is 19.5 Å². The zero-order chi connectivity index (χ0) is 18.8. The number of anilines is 2. The Bertz CT molecular complexity index is 837. The number of nitrogens with two attached hydrogens (primary N) is 1. The molecule has 11 heteroatoms. The van der Waals surface area contributed by atoms with Gasteiger partial charge in [0.1, 0.15) is 25.0 Å². The molecular weight excluding hydrogens is 344 g/mol. The van der Waals surface area contributed by atoms with Crippen LogP contribution in [0.25, 0.3) is 11.2 Å². The monoisotopic (exact) mass is 364 g/mol. The molecular formula is C15H20N6O5. The van der Waals surface area contributed by atoms with Gasteiger partial charge in [0.05, 0.1) is 6.33 Å².